The van der Waals surface area contributed by atoms with Gasteiger partial charge < -0.3 is 4.42 Å². The van der Waals surface area contributed by atoms with E-state index in [1.807, 2.05) is 19.1 Å². The highest BCUT2D eigenvalue weighted by molar-refractivity contribution is 7.91. The van der Waals surface area contributed by atoms with E-state index < -0.39 is 15.9 Å². The Bertz CT molecular complexity index is 1440. The van der Waals surface area contributed by atoms with Crippen LogP contribution < -0.4 is 4.90 Å². The van der Waals surface area contributed by atoms with Gasteiger partial charge in [-0.2, -0.15) is 4.31 Å². The Labute approximate surface area is 217 Å². The number of aromatic nitrogens is 1. The number of rotatable bonds is 6. The number of thiazole rings is 1. The van der Waals surface area contributed by atoms with Crippen LogP contribution >= 0.6 is 34.3 Å². The average Bonchev–Trinajstić information content (AvgIpc) is 3.59. The van der Waals surface area contributed by atoms with Gasteiger partial charge >= 0.3 is 0 Å². The van der Waals surface area contributed by atoms with Gasteiger partial charge in [-0.3, -0.25) is 9.69 Å². The summed E-state index contributed by atoms with van der Waals surface area (Å²) in [5.74, 6) is -0.00380. The van der Waals surface area contributed by atoms with Crippen LogP contribution in [-0.2, 0) is 21.4 Å². The maximum atomic E-state index is 13.9. The summed E-state index contributed by atoms with van der Waals surface area (Å²) in [6.45, 7) is 4.82. The molecule has 0 N–H and O–H groups in total. The molecule has 1 aromatic carbocycles. The van der Waals surface area contributed by atoms with Crippen molar-refractivity contribution in [3.8, 4) is 0 Å². The lowest BCUT2D eigenvalue weighted by atomic mass is 9.98. The van der Waals surface area contributed by atoms with Crippen LogP contribution in [0.1, 0.15) is 29.7 Å². The van der Waals surface area contributed by atoms with Gasteiger partial charge in [-0.1, -0.05) is 22.9 Å². The van der Waals surface area contributed by atoms with Crippen LogP contribution in [0.25, 0.3) is 10.2 Å². The fraction of sp³-hybridized carbons (Fsp3) is 0.333. The zero-order valence-electron chi connectivity index (χ0n) is 19.2. The molecule has 184 valence electrons. The third-order valence-electron chi connectivity index (χ3n) is 6.26. The van der Waals surface area contributed by atoms with Crippen molar-refractivity contribution in [1.29, 1.82) is 0 Å². The molecular weight excluding hydrogens is 526 g/mol. The van der Waals surface area contributed by atoms with Crippen LogP contribution in [0.5, 0.6) is 0 Å². The standard InChI is InChI=1S/C24H24ClN3O4S3/c1-15-11-19-20(12-16(15)2)33-24(26-19)28(14-18-6-4-10-32-18)23(29)17-5-3-9-27(13-17)35(30,31)22-8-7-21(25)34-22/h4,6-8,10-12,17H,3,5,9,13-14H2,1-2H3. The molecular formula is C24H24ClN3O4S3. The van der Waals surface area contributed by atoms with Crippen LogP contribution in [0.3, 0.4) is 0 Å². The van der Waals surface area contributed by atoms with Crippen molar-refractivity contribution >= 4 is 65.6 Å². The Morgan fingerprint density at radius 2 is 2.03 bits per heavy atom. The second-order valence-electron chi connectivity index (χ2n) is 8.67. The molecule has 1 atom stereocenters. The Kier molecular flexibility index (Phi) is 6.75. The number of hydrogen-bond donors (Lipinski definition) is 0. The predicted octanol–water partition coefficient (Wildman–Crippen LogP) is 5.86. The van der Waals surface area contributed by atoms with E-state index in [1.165, 1.54) is 27.3 Å². The third kappa shape index (κ3) is 4.90. The van der Waals surface area contributed by atoms with E-state index in [0.717, 1.165) is 27.1 Å². The van der Waals surface area contributed by atoms with Crippen molar-refractivity contribution in [1.82, 2.24) is 9.29 Å². The van der Waals surface area contributed by atoms with E-state index in [4.69, 9.17) is 21.0 Å². The lowest BCUT2D eigenvalue weighted by Gasteiger charge is -2.33. The molecule has 0 radical (unpaired) electrons. The molecule has 3 aromatic heterocycles. The van der Waals surface area contributed by atoms with Crippen molar-refractivity contribution in [3.63, 3.8) is 0 Å². The van der Waals surface area contributed by atoms with E-state index in [-0.39, 0.29) is 23.2 Å². The monoisotopic (exact) mass is 549 g/mol. The van der Waals surface area contributed by atoms with Gasteiger partial charge in [0.05, 0.1) is 33.3 Å². The average molecular weight is 550 g/mol. The van der Waals surface area contributed by atoms with Crippen LogP contribution in [-0.4, -0.2) is 36.7 Å². The number of sulfonamides is 1. The van der Waals surface area contributed by atoms with Gasteiger partial charge in [-0.25, -0.2) is 13.4 Å². The number of halogens is 1. The quantitative estimate of drug-likeness (QED) is 0.301. The number of furan rings is 1. The van der Waals surface area contributed by atoms with Gasteiger partial charge in [-0.05, 0) is 74.2 Å². The molecule has 0 spiro atoms. The first kappa shape index (κ1) is 24.5. The molecule has 1 aliphatic heterocycles. The molecule has 5 rings (SSSR count). The zero-order chi connectivity index (χ0) is 24.7. The summed E-state index contributed by atoms with van der Waals surface area (Å²) in [5.41, 5.74) is 3.14. The number of carbonyl (C=O) groups is 1. The summed E-state index contributed by atoms with van der Waals surface area (Å²) in [6.07, 6.45) is 2.78. The van der Waals surface area contributed by atoms with Crippen molar-refractivity contribution < 1.29 is 17.6 Å². The molecule has 1 fully saturated rings. The molecule has 1 unspecified atom stereocenters. The Hall–Kier alpha value is -2.24. The largest absolute Gasteiger partial charge is 0.467 e. The van der Waals surface area contributed by atoms with Crippen LogP contribution in [0.2, 0.25) is 4.34 Å². The van der Waals surface area contributed by atoms with Gasteiger partial charge in [-0.15, -0.1) is 11.3 Å². The summed E-state index contributed by atoms with van der Waals surface area (Å²) in [4.78, 5) is 20.3. The first-order valence-corrected chi connectivity index (χ1v) is 14.6. The molecule has 0 bridgehead atoms. The summed E-state index contributed by atoms with van der Waals surface area (Å²) in [5, 5.41) is 0.580. The summed E-state index contributed by atoms with van der Waals surface area (Å²) in [6, 6.07) is 10.8. The first-order valence-electron chi connectivity index (χ1n) is 11.2. The van der Waals surface area contributed by atoms with E-state index in [0.29, 0.717) is 34.6 Å². The lowest BCUT2D eigenvalue weighted by Crippen LogP contribution is -2.46. The number of nitrogens with zero attached hydrogens (tertiary/aromatic N) is 3. The summed E-state index contributed by atoms with van der Waals surface area (Å²) < 4.78 is 34.9. The second kappa shape index (κ2) is 9.67. The number of amides is 1. The van der Waals surface area contributed by atoms with E-state index in [9.17, 15) is 13.2 Å². The highest BCUT2D eigenvalue weighted by Crippen LogP contribution is 2.35. The van der Waals surface area contributed by atoms with Gasteiger partial charge in [0.1, 0.15) is 9.97 Å². The molecule has 0 saturated carbocycles. The maximum Gasteiger partial charge on any atom is 0.252 e. The molecule has 4 heterocycles. The molecule has 35 heavy (non-hydrogen) atoms. The molecule has 1 saturated heterocycles. The Balaban J connectivity index is 1.45. The fourth-order valence-corrected chi connectivity index (χ4v) is 8.44. The summed E-state index contributed by atoms with van der Waals surface area (Å²) >= 11 is 8.46. The van der Waals surface area contributed by atoms with E-state index in [2.05, 4.69) is 13.0 Å². The topological polar surface area (TPSA) is 83.7 Å². The van der Waals surface area contributed by atoms with Gasteiger partial charge in [0.15, 0.2) is 5.13 Å². The molecule has 7 nitrogen and oxygen atoms in total. The van der Waals surface area contributed by atoms with E-state index >= 15 is 0 Å². The molecule has 0 aliphatic carbocycles. The maximum absolute atomic E-state index is 13.9. The number of benzene rings is 1. The SMILES string of the molecule is Cc1cc2nc(N(Cc3ccco3)C(=O)C3CCCN(S(=O)(=O)c4ccc(Cl)s4)C3)sc2cc1C. The molecule has 1 aliphatic rings. The number of fused-ring (bicyclic) bond motifs is 1. The number of carbonyl (C=O) groups excluding carboxylic acids is 1. The highest BCUT2D eigenvalue weighted by atomic mass is 35.5. The smallest absolute Gasteiger partial charge is 0.252 e. The number of piperidine rings is 1. The Morgan fingerprint density at radius 1 is 1.23 bits per heavy atom. The zero-order valence-corrected chi connectivity index (χ0v) is 22.4. The first-order chi connectivity index (χ1) is 16.7. The molecule has 1 amide bonds. The minimum Gasteiger partial charge on any atom is -0.467 e. The van der Waals surface area contributed by atoms with Gasteiger partial charge in [0.2, 0.25) is 5.91 Å². The molecule has 11 heteroatoms. The van der Waals surface area contributed by atoms with Crippen LogP contribution in [0.15, 0.2) is 51.3 Å². The van der Waals surface area contributed by atoms with Crippen LogP contribution in [0.4, 0.5) is 5.13 Å². The van der Waals surface area contributed by atoms with E-state index in [1.54, 1.807) is 23.3 Å². The van der Waals surface area contributed by atoms with Gasteiger partial charge in [0, 0.05) is 13.1 Å². The lowest BCUT2D eigenvalue weighted by molar-refractivity contribution is -0.123. The minimum atomic E-state index is -3.71. The van der Waals surface area contributed by atoms with Gasteiger partial charge in [0.25, 0.3) is 10.0 Å². The summed E-state index contributed by atoms with van der Waals surface area (Å²) in [7, 11) is -3.71. The number of aryl methyl sites for hydroxylation is 2. The van der Waals surface area contributed by atoms with Crippen molar-refractivity contribution in [2.45, 2.75) is 37.4 Å². The highest BCUT2D eigenvalue weighted by Gasteiger charge is 2.37. The Morgan fingerprint density at radius 3 is 2.74 bits per heavy atom. The van der Waals surface area contributed by atoms with Crippen molar-refractivity contribution in [2.24, 2.45) is 5.92 Å². The number of anilines is 1. The third-order valence-corrected chi connectivity index (χ3v) is 10.9. The van der Waals surface area contributed by atoms with Crippen molar-refractivity contribution in [2.75, 3.05) is 18.0 Å². The molecule has 4 aromatic rings. The second-order valence-corrected chi connectivity index (χ2v) is 13.6. The number of thiophene rings is 1. The normalized spacial score (nSPS) is 17.2. The fourth-order valence-electron chi connectivity index (χ4n) is 4.23. The number of hydrogen-bond acceptors (Lipinski definition) is 7. The van der Waals surface area contributed by atoms with Crippen LogP contribution in [0, 0.1) is 19.8 Å². The van der Waals surface area contributed by atoms with Crippen molar-refractivity contribution in [3.05, 3.63) is 63.9 Å². The predicted molar refractivity (Wildman–Crippen MR) is 140 cm³/mol. The minimum absolute atomic E-state index is 0.119.